The molecule has 1 aliphatic carbocycles. The lowest BCUT2D eigenvalue weighted by molar-refractivity contribution is -0.124. The van der Waals surface area contributed by atoms with Gasteiger partial charge in [-0.25, -0.2) is 18.7 Å². The number of hydrogen-bond acceptors (Lipinski definition) is 6. The lowest BCUT2D eigenvalue weighted by Crippen LogP contribution is -2.49. The Hall–Kier alpha value is -3.63. The predicted octanol–water partition coefficient (Wildman–Crippen LogP) is 2.95. The number of likely N-dealkylation sites (tertiary alicyclic amines) is 1. The molecule has 1 aromatic heterocycles. The fourth-order valence-corrected chi connectivity index (χ4v) is 4.61. The highest BCUT2D eigenvalue weighted by Crippen LogP contribution is 2.37. The summed E-state index contributed by atoms with van der Waals surface area (Å²) in [5.41, 5.74) is -1.36. The summed E-state index contributed by atoms with van der Waals surface area (Å²) in [5.74, 6) is -3.61. The van der Waals surface area contributed by atoms with Crippen LogP contribution in [0, 0.1) is 11.6 Å². The lowest BCUT2D eigenvalue weighted by atomic mass is 10.0. The number of carbonyl (C=O) groups is 3. The molecule has 2 heterocycles. The van der Waals surface area contributed by atoms with Gasteiger partial charge in [0.1, 0.15) is 5.54 Å². The van der Waals surface area contributed by atoms with Gasteiger partial charge < -0.3 is 20.9 Å². The number of halogens is 2. The first-order chi connectivity index (χ1) is 17.1. The molecule has 9 nitrogen and oxygen atoms in total. The quantitative estimate of drug-likeness (QED) is 0.538. The van der Waals surface area contributed by atoms with E-state index in [2.05, 4.69) is 25.9 Å². The number of nitrogens with one attached hydrogen (secondary N) is 3. The molecule has 3 N–H and O–H groups in total. The fourth-order valence-electron chi connectivity index (χ4n) is 4.61. The normalized spacial score (nSPS) is 21.0. The van der Waals surface area contributed by atoms with Crippen molar-refractivity contribution in [1.82, 2.24) is 25.5 Å². The van der Waals surface area contributed by atoms with Crippen molar-refractivity contribution in [2.24, 2.45) is 0 Å². The molecule has 11 heteroatoms. The Kier molecular flexibility index (Phi) is 6.92. The van der Waals surface area contributed by atoms with Crippen LogP contribution in [0.2, 0.25) is 0 Å². The summed E-state index contributed by atoms with van der Waals surface area (Å²) in [5, 5.41) is 8.11. The van der Waals surface area contributed by atoms with Crippen LogP contribution in [0.5, 0.6) is 0 Å². The number of amides is 3. The van der Waals surface area contributed by atoms with Crippen LogP contribution < -0.4 is 16.0 Å². The zero-order valence-electron chi connectivity index (χ0n) is 20.7. The molecule has 1 saturated heterocycles. The van der Waals surface area contributed by atoms with Gasteiger partial charge in [-0.1, -0.05) is 6.07 Å². The average molecular weight is 501 g/mol. The summed E-state index contributed by atoms with van der Waals surface area (Å²) in [6.45, 7) is 5.29. The maximum absolute atomic E-state index is 15.0. The Morgan fingerprint density at radius 1 is 1.06 bits per heavy atom. The van der Waals surface area contributed by atoms with Crippen molar-refractivity contribution in [3.63, 3.8) is 0 Å². The van der Waals surface area contributed by atoms with Crippen LogP contribution in [-0.4, -0.2) is 57.3 Å². The SMILES string of the molecule is CNc1ncc(C(=O)NC2(C(=O)N[C@H](C)c3ccc(C(=O)N4C(C)CCC4C)c(F)c3F)CC2)cn1. The van der Waals surface area contributed by atoms with E-state index in [4.69, 9.17) is 0 Å². The Labute approximate surface area is 208 Å². The first-order valence-electron chi connectivity index (χ1n) is 12.0. The Morgan fingerprint density at radius 3 is 2.22 bits per heavy atom. The van der Waals surface area contributed by atoms with E-state index < -0.39 is 40.9 Å². The van der Waals surface area contributed by atoms with E-state index in [0.29, 0.717) is 18.8 Å². The van der Waals surface area contributed by atoms with Gasteiger partial charge in [-0.3, -0.25) is 14.4 Å². The summed E-state index contributed by atoms with van der Waals surface area (Å²) in [6.07, 6.45) is 5.12. The minimum absolute atomic E-state index is 0.0504. The van der Waals surface area contributed by atoms with E-state index in [1.54, 1.807) is 11.9 Å². The summed E-state index contributed by atoms with van der Waals surface area (Å²) in [7, 11) is 1.65. The third kappa shape index (κ3) is 4.74. The Morgan fingerprint density at radius 2 is 1.67 bits per heavy atom. The van der Waals surface area contributed by atoms with Gasteiger partial charge in [0.25, 0.3) is 11.8 Å². The minimum atomic E-state index is -1.23. The van der Waals surface area contributed by atoms with Crippen molar-refractivity contribution in [3.8, 4) is 0 Å². The highest BCUT2D eigenvalue weighted by atomic mass is 19.2. The van der Waals surface area contributed by atoms with Crippen LogP contribution in [0.15, 0.2) is 24.5 Å². The monoisotopic (exact) mass is 500 g/mol. The molecule has 36 heavy (non-hydrogen) atoms. The highest BCUT2D eigenvalue weighted by Gasteiger charge is 2.51. The number of benzene rings is 1. The summed E-state index contributed by atoms with van der Waals surface area (Å²) in [6, 6.07) is 1.59. The average Bonchev–Trinajstić information content (AvgIpc) is 3.57. The second-order valence-corrected chi connectivity index (χ2v) is 9.59. The number of nitrogens with zero attached hydrogens (tertiary/aromatic N) is 3. The third-order valence-electron chi connectivity index (χ3n) is 7.02. The molecule has 1 aromatic carbocycles. The van der Waals surface area contributed by atoms with Crippen molar-refractivity contribution in [2.75, 3.05) is 12.4 Å². The van der Waals surface area contributed by atoms with Crippen LogP contribution in [0.3, 0.4) is 0 Å². The maximum Gasteiger partial charge on any atom is 0.257 e. The van der Waals surface area contributed by atoms with Crippen molar-refractivity contribution >= 4 is 23.7 Å². The molecule has 1 saturated carbocycles. The van der Waals surface area contributed by atoms with Gasteiger partial charge in [0.15, 0.2) is 11.6 Å². The number of hydrogen-bond donors (Lipinski definition) is 3. The zero-order valence-corrected chi connectivity index (χ0v) is 20.7. The molecule has 4 rings (SSSR count). The molecule has 3 amide bonds. The largest absolute Gasteiger partial charge is 0.357 e. The van der Waals surface area contributed by atoms with E-state index in [1.807, 2.05) is 13.8 Å². The van der Waals surface area contributed by atoms with Crippen LogP contribution in [0.1, 0.15) is 78.8 Å². The van der Waals surface area contributed by atoms with E-state index in [0.717, 1.165) is 12.8 Å². The second kappa shape index (κ2) is 9.79. The van der Waals surface area contributed by atoms with E-state index in [1.165, 1.54) is 31.5 Å². The number of anilines is 1. The van der Waals surface area contributed by atoms with Gasteiger partial charge in [0, 0.05) is 37.1 Å². The molecule has 2 unspecified atom stereocenters. The zero-order chi connectivity index (χ0) is 26.2. The second-order valence-electron chi connectivity index (χ2n) is 9.59. The van der Waals surface area contributed by atoms with Crippen LogP contribution in [-0.2, 0) is 4.79 Å². The molecule has 2 aromatic rings. The van der Waals surface area contributed by atoms with Crippen molar-refractivity contribution in [3.05, 3.63) is 52.9 Å². The maximum atomic E-state index is 15.0. The van der Waals surface area contributed by atoms with Crippen LogP contribution >= 0.6 is 0 Å². The molecule has 0 spiro atoms. The molecular weight excluding hydrogens is 470 g/mol. The van der Waals surface area contributed by atoms with Crippen molar-refractivity contribution < 1.29 is 23.2 Å². The topological polar surface area (TPSA) is 116 Å². The smallest absolute Gasteiger partial charge is 0.257 e. The molecule has 2 fully saturated rings. The first kappa shape index (κ1) is 25.5. The summed E-state index contributed by atoms with van der Waals surface area (Å²) >= 11 is 0. The van der Waals surface area contributed by atoms with Crippen LogP contribution in [0.4, 0.5) is 14.7 Å². The van der Waals surface area contributed by atoms with Gasteiger partial charge in [-0.05, 0) is 52.5 Å². The third-order valence-corrected chi connectivity index (χ3v) is 7.02. The van der Waals surface area contributed by atoms with Gasteiger partial charge in [-0.2, -0.15) is 0 Å². The number of rotatable bonds is 7. The van der Waals surface area contributed by atoms with Gasteiger partial charge in [0.2, 0.25) is 11.9 Å². The molecule has 0 bridgehead atoms. The first-order valence-corrected chi connectivity index (χ1v) is 12.0. The van der Waals surface area contributed by atoms with Gasteiger partial charge >= 0.3 is 0 Å². The van der Waals surface area contributed by atoms with Gasteiger partial charge in [-0.15, -0.1) is 0 Å². The molecular formula is C25H30F2N6O3. The molecule has 1 aliphatic heterocycles. The predicted molar refractivity (Wildman–Crippen MR) is 128 cm³/mol. The summed E-state index contributed by atoms with van der Waals surface area (Å²) in [4.78, 5) is 48.0. The molecule has 2 aliphatic rings. The van der Waals surface area contributed by atoms with E-state index in [-0.39, 0.29) is 28.8 Å². The van der Waals surface area contributed by atoms with E-state index >= 15 is 4.39 Å². The summed E-state index contributed by atoms with van der Waals surface area (Å²) < 4.78 is 30.0. The molecule has 3 atom stereocenters. The number of aromatic nitrogens is 2. The lowest BCUT2D eigenvalue weighted by Gasteiger charge is -2.27. The highest BCUT2D eigenvalue weighted by molar-refractivity contribution is 6.00. The van der Waals surface area contributed by atoms with Crippen molar-refractivity contribution in [1.29, 1.82) is 0 Å². The fraction of sp³-hybridized carbons (Fsp3) is 0.480. The number of carbonyl (C=O) groups excluding carboxylic acids is 3. The van der Waals surface area contributed by atoms with E-state index in [9.17, 15) is 18.8 Å². The van der Waals surface area contributed by atoms with Crippen LogP contribution in [0.25, 0.3) is 0 Å². The molecule has 0 radical (unpaired) electrons. The minimum Gasteiger partial charge on any atom is -0.357 e. The van der Waals surface area contributed by atoms with Crippen molar-refractivity contribution in [2.45, 2.75) is 70.1 Å². The Bertz CT molecular complexity index is 1180. The standard InChI is InChI=1S/C25H30F2N6O3/c1-13-5-6-14(2)33(13)22(35)18-8-7-17(19(26)20(18)27)15(3)31-23(36)25(9-10-25)32-21(34)16-11-29-24(28-4)30-12-16/h7-8,11-15H,5-6,9-10H2,1-4H3,(H,31,36)(H,32,34)(H,28,29,30)/t13?,14?,15-/m1/s1. The van der Waals surface area contributed by atoms with Gasteiger partial charge in [0.05, 0.1) is 17.2 Å². The molecule has 192 valence electrons. The Balaban J connectivity index is 1.44.